The van der Waals surface area contributed by atoms with Crippen molar-refractivity contribution in [1.82, 2.24) is 0 Å². The Morgan fingerprint density at radius 2 is 1.75 bits per heavy atom. The predicted octanol–water partition coefficient (Wildman–Crippen LogP) is 1.00. The number of hydrogen-bond donors (Lipinski definition) is 1. The van der Waals surface area contributed by atoms with Crippen molar-refractivity contribution in [2.24, 2.45) is 10.2 Å². The molecule has 0 fully saturated rings. The van der Waals surface area contributed by atoms with E-state index in [2.05, 4.69) is 20.1 Å². The zero-order valence-electron chi connectivity index (χ0n) is 8.77. The Labute approximate surface area is 92.2 Å². The van der Waals surface area contributed by atoms with Gasteiger partial charge in [0.15, 0.2) is 0 Å². The van der Waals surface area contributed by atoms with Gasteiger partial charge in [-0.3, -0.25) is 0 Å². The molecule has 0 bridgehead atoms. The third-order valence-electron chi connectivity index (χ3n) is 1.51. The van der Waals surface area contributed by atoms with Crippen LogP contribution in [0.5, 0.6) is 0 Å². The van der Waals surface area contributed by atoms with E-state index >= 15 is 0 Å². The highest BCUT2D eigenvalue weighted by Crippen LogP contribution is 1.93. The van der Waals surface area contributed by atoms with Gasteiger partial charge >= 0.3 is 0 Å². The van der Waals surface area contributed by atoms with Crippen LogP contribution in [0, 0.1) is 0 Å². The Bertz CT molecular complexity index is 261. The van der Waals surface area contributed by atoms with Crippen LogP contribution < -0.4 is 0 Å². The first kappa shape index (κ1) is 14.5. The average molecular weight is 230 g/mol. The minimum Gasteiger partial charge on any atom is -0.394 e. The second-order valence-electron chi connectivity index (χ2n) is 2.66. The van der Waals surface area contributed by atoms with Crippen LogP contribution in [0.15, 0.2) is 10.2 Å². The Morgan fingerprint density at radius 3 is 2.31 bits per heavy atom. The Morgan fingerprint density at radius 1 is 1.12 bits per heavy atom. The lowest BCUT2D eigenvalue weighted by atomic mass is 10.4. The van der Waals surface area contributed by atoms with Crippen molar-refractivity contribution in [3.05, 3.63) is 20.9 Å². The van der Waals surface area contributed by atoms with Crippen LogP contribution in [0.25, 0.3) is 20.9 Å². The van der Waals surface area contributed by atoms with Gasteiger partial charge in [0.05, 0.1) is 26.4 Å². The number of rotatable bonds is 10. The van der Waals surface area contributed by atoms with Crippen molar-refractivity contribution in [3.63, 3.8) is 0 Å². The van der Waals surface area contributed by atoms with E-state index < -0.39 is 6.10 Å². The molecule has 1 N–H and O–H groups in total. The molecular weight excluding hydrogens is 216 g/mol. The second kappa shape index (κ2) is 11.6. The molecule has 0 saturated carbocycles. The molecule has 0 aliphatic heterocycles. The summed E-state index contributed by atoms with van der Waals surface area (Å²) in [7, 11) is 0. The fourth-order valence-corrected chi connectivity index (χ4v) is 0.823. The lowest BCUT2D eigenvalue weighted by molar-refractivity contribution is -0.0380. The van der Waals surface area contributed by atoms with E-state index in [1.807, 2.05) is 0 Å². The summed E-state index contributed by atoms with van der Waals surface area (Å²) in [5, 5.41) is 15.4. The van der Waals surface area contributed by atoms with Crippen molar-refractivity contribution in [2.45, 2.75) is 6.10 Å². The van der Waals surface area contributed by atoms with E-state index in [9.17, 15) is 0 Å². The zero-order chi connectivity index (χ0) is 12.1. The van der Waals surface area contributed by atoms with Crippen molar-refractivity contribution >= 4 is 0 Å². The summed E-state index contributed by atoms with van der Waals surface area (Å²) < 4.78 is 10.2. The fraction of sp³-hybridized carbons (Fsp3) is 1.00. The highest BCUT2D eigenvalue weighted by atomic mass is 16.5. The molecule has 0 spiro atoms. The number of ether oxygens (including phenoxy) is 2. The van der Waals surface area contributed by atoms with Gasteiger partial charge in [0, 0.05) is 22.9 Å². The van der Waals surface area contributed by atoms with Gasteiger partial charge < -0.3 is 14.6 Å². The number of aliphatic hydroxyl groups excluding tert-OH is 1. The molecule has 0 heterocycles. The summed E-state index contributed by atoms with van der Waals surface area (Å²) in [6, 6.07) is 0. The maximum Gasteiger partial charge on any atom is 0.104 e. The van der Waals surface area contributed by atoms with Crippen LogP contribution in [0.3, 0.4) is 0 Å². The van der Waals surface area contributed by atoms with Gasteiger partial charge in [-0.15, -0.1) is 0 Å². The first-order valence-corrected chi connectivity index (χ1v) is 4.67. The molecule has 0 aromatic heterocycles. The third kappa shape index (κ3) is 9.07. The highest BCUT2D eigenvalue weighted by Gasteiger charge is 2.06. The third-order valence-corrected chi connectivity index (χ3v) is 1.51. The molecule has 1 atom stereocenters. The van der Waals surface area contributed by atoms with E-state index in [0.29, 0.717) is 0 Å². The van der Waals surface area contributed by atoms with E-state index in [-0.39, 0.29) is 39.5 Å². The van der Waals surface area contributed by atoms with Crippen LogP contribution in [-0.2, 0) is 9.47 Å². The van der Waals surface area contributed by atoms with Gasteiger partial charge in [-0.25, -0.2) is 0 Å². The highest BCUT2D eigenvalue weighted by molar-refractivity contribution is 4.56. The summed E-state index contributed by atoms with van der Waals surface area (Å²) in [6.07, 6.45) is -0.458. The monoisotopic (exact) mass is 230 g/mol. The molecule has 0 aliphatic rings. The number of azide groups is 2. The molecule has 9 heteroatoms. The van der Waals surface area contributed by atoms with Crippen molar-refractivity contribution < 1.29 is 14.6 Å². The van der Waals surface area contributed by atoms with E-state index in [0.717, 1.165) is 0 Å². The molecule has 16 heavy (non-hydrogen) atoms. The maximum atomic E-state index is 8.89. The summed E-state index contributed by atoms with van der Waals surface area (Å²) in [5.74, 6) is 0. The predicted molar refractivity (Wildman–Crippen MR) is 55.7 cm³/mol. The molecule has 0 aromatic carbocycles. The van der Waals surface area contributed by atoms with E-state index in [4.69, 9.17) is 25.6 Å². The molecule has 0 amide bonds. The van der Waals surface area contributed by atoms with Crippen molar-refractivity contribution in [3.8, 4) is 0 Å². The summed E-state index contributed by atoms with van der Waals surface area (Å²) in [6.45, 7) is 0.986. The largest absolute Gasteiger partial charge is 0.394 e. The molecule has 0 aliphatic carbocycles. The standard InChI is InChI=1S/C7H14N6O3/c8-12-10-1-3-15-6-7(5-14)16-4-2-11-13-9/h7,14H,1-6H2. The topological polar surface area (TPSA) is 136 Å². The summed E-state index contributed by atoms with van der Waals surface area (Å²) in [5.41, 5.74) is 16.0. The first-order chi connectivity index (χ1) is 7.85. The molecule has 9 nitrogen and oxygen atoms in total. The van der Waals surface area contributed by atoms with Gasteiger partial charge in [-0.05, 0) is 11.1 Å². The molecule has 0 saturated heterocycles. The number of nitrogens with zero attached hydrogens (tertiary/aromatic N) is 6. The van der Waals surface area contributed by atoms with Gasteiger partial charge in [0.1, 0.15) is 6.10 Å². The summed E-state index contributed by atoms with van der Waals surface area (Å²) in [4.78, 5) is 5.12. The smallest absolute Gasteiger partial charge is 0.104 e. The average Bonchev–Trinajstić information content (AvgIpc) is 2.31. The minimum atomic E-state index is -0.458. The van der Waals surface area contributed by atoms with Crippen LogP contribution in [0.1, 0.15) is 0 Å². The zero-order valence-corrected chi connectivity index (χ0v) is 8.77. The minimum absolute atomic E-state index is 0.183. The van der Waals surface area contributed by atoms with Gasteiger partial charge in [-0.1, -0.05) is 10.2 Å². The second-order valence-corrected chi connectivity index (χ2v) is 2.66. The number of hydrogen-bond acceptors (Lipinski definition) is 5. The molecule has 1 unspecified atom stereocenters. The Kier molecular flexibility index (Phi) is 10.5. The molecule has 0 aromatic rings. The van der Waals surface area contributed by atoms with Gasteiger partial charge in [0.2, 0.25) is 0 Å². The van der Waals surface area contributed by atoms with Crippen molar-refractivity contribution in [1.29, 1.82) is 0 Å². The van der Waals surface area contributed by atoms with Crippen LogP contribution >= 0.6 is 0 Å². The fourth-order valence-electron chi connectivity index (χ4n) is 0.823. The van der Waals surface area contributed by atoms with E-state index in [1.165, 1.54) is 0 Å². The van der Waals surface area contributed by atoms with Gasteiger partial charge in [-0.2, -0.15) is 0 Å². The normalized spacial score (nSPS) is 11.3. The van der Waals surface area contributed by atoms with Crippen LogP contribution in [0.4, 0.5) is 0 Å². The maximum absolute atomic E-state index is 8.89. The SMILES string of the molecule is [N-]=[N+]=NCCOCC(CO)OCCN=[N+]=[N-]. The number of aliphatic hydroxyl groups is 1. The molecule has 90 valence electrons. The quantitative estimate of drug-likeness (QED) is 0.259. The molecule has 0 rings (SSSR count). The lowest BCUT2D eigenvalue weighted by Crippen LogP contribution is -2.25. The molecular formula is C7H14N6O3. The Balaban J connectivity index is 3.50. The van der Waals surface area contributed by atoms with E-state index in [1.54, 1.807) is 0 Å². The first-order valence-electron chi connectivity index (χ1n) is 4.67. The van der Waals surface area contributed by atoms with Crippen molar-refractivity contribution in [2.75, 3.05) is 39.5 Å². The molecule has 0 radical (unpaired) electrons. The van der Waals surface area contributed by atoms with Gasteiger partial charge in [0.25, 0.3) is 0 Å². The lowest BCUT2D eigenvalue weighted by Gasteiger charge is -2.14. The van der Waals surface area contributed by atoms with Crippen LogP contribution in [-0.4, -0.2) is 50.7 Å². The Hall–Kier alpha value is -1.50. The van der Waals surface area contributed by atoms with Crippen LogP contribution in [0.2, 0.25) is 0 Å². The summed E-state index contributed by atoms with van der Waals surface area (Å²) >= 11 is 0.